The highest BCUT2D eigenvalue weighted by molar-refractivity contribution is 5.74. The summed E-state index contributed by atoms with van der Waals surface area (Å²) in [5.41, 5.74) is -0.948. The Bertz CT molecular complexity index is 610. The predicted molar refractivity (Wildman–Crippen MR) is 91.5 cm³/mol. The Morgan fingerprint density at radius 3 is 2.40 bits per heavy atom. The molecule has 2 amide bonds. The standard InChI is InChI=1S/C18H26N2O5/c1-17(2,3)25-16(22)20-13-18(4,23)10-11-19(20)15(21)24-12-14-8-6-5-7-9-14/h5-9,23H,10-13H2,1-4H3. The smallest absolute Gasteiger partial charge is 0.429 e. The molecule has 7 nitrogen and oxygen atoms in total. The molecule has 138 valence electrons. The van der Waals surface area contributed by atoms with Crippen molar-refractivity contribution in [2.24, 2.45) is 0 Å². The molecule has 1 heterocycles. The Kier molecular flexibility index (Phi) is 5.57. The van der Waals surface area contributed by atoms with Crippen LogP contribution in [0.2, 0.25) is 0 Å². The fraction of sp³-hybridized carbons (Fsp3) is 0.556. The van der Waals surface area contributed by atoms with Gasteiger partial charge in [-0.1, -0.05) is 30.3 Å². The molecular formula is C18H26N2O5. The predicted octanol–water partition coefficient (Wildman–Crippen LogP) is 2.93. The van der Waals surface area contributed by atoms with Gasteiger partial charge in [-0.05, 0) is 39.7 Å². The van der Waals surface area contributed by atoms with Crippen LogP contribution in [0.15, 0.2) is 30.3 Å². The summed E-state index contributed by atoms with van der Waals surface area (Å²) in [6.07, 6.45) is -0.999. The van der Waals surface area contributed by atoms with Crippen molar-refractivity contribution in [1.82, 2.24) is 10.0 Å². The second-order valence-corrected chi connectivity index (χ2v) is 7.45. The fourth-order valence-corrected chi connectivity index (χ4v) is 2.42. The van der Waals surface area contributed by atoms with Crippen LogP contribution >= 0.6 is 0 Å². The minimum Gasteiger partial charge on any atom is -0.443 e. The van der Waals surface area contributed by atoms with Crippen LogP contribution in [0.1, 0.15) is 39.7 Å². The first-order chi connectivity index (χ1) is 11.6. The highest BCUT2D eigenvalue weighted by Gasteiger charge is 2.41. The topological polar surface area (TPSA) is 79.3 Å². The van der Waals surface area contributed by atoms with Crippen LogP contribution in [-0.4, -0.2) is 51.6 Å². The summed E-state index contributed by atoms with van der Waals surface area (Å²) in [7, 11) is 0. The number of ether oxygens (including phenoxy) is 2. The third kappa shape index (κ3) is 5.63. The molecule has 0 bridgehead atoms. The SMILES string of the molecule is CC1(O)CCN(C(=O)OCc2ccccc2)N(C(=O)OC(C)(C)C)C1. The van der Waals surface area contributed by atoms with Gasteiger partial charge >= 0.3 is 12.2 Å². The number of hydrogen-bond donors (Lipinski definition) is 1. The van der Waals surface area contributed by atoms with Crippen LogP contribution in [-0.2, 0) is 16.1 Å². The van der Waals surface area contributed by atoms with E-state index in [2.05, 4.69) is 0 Å². The van der Waals surface area contributed by atoms with Gasteiger partial charge < -0.3 is 14.6 Å². The quantitative estimate of drug-likeness (QED) is 0.887. The zero-order valence-corrected chi connectivity index (χ0v) is 15.2. The summed E-state index contributed by atoms with van der Waals surface area (Å²) in [5, 5.41) is 12.6. The third-order valence-electron chi connectivity index (χ3n) is 3.66. The monoisotopic (exact) mass is 350 g/mol. The summed E-state index contributed by atoms with van der Waals surface area (Å²) >= 11 is 0. The van der Waals surface area contributed by atoms with Crippen LogP contribution in [0.5, 0.6) is 0 Å². The Balaban J connectivity index is 2.06. The summed E-state index contributed by atoms with van der Waals surface area (Å²) in [5.74, 6) is 0. The zero-order chi connectivity index (χ0) is 18.7. The van der Waals surface area contributed by atoms with Crippen molar-refractivity contribution < 1.29 is 24.2 Å². The minimum absolute atomic E-state index is 0.0393. The molecule has 7 heteroatoms. The van der Waals surface area contributed by atoms with Gasteiger partial charge in [0.05, 0.1) is 12.1 Å². The lowest BCUT2D eigenvalue weighted by atomic mass is 10.0. The van der Waals surface area contributed by atoms with Crippen molar-refractivity contribution in [3.63, 3.8) is 0 Å². The molecule has 1 fully saturated rings. The maximum atomic E-state index is 12.4. The molecular weight excluding hydrogens is 324 g/mol. The number of carbonyl (C=O) groups is 2. The lowest BCUT2D eigenvalue weighted by Crippen LogP contribution is -2.61. The summed E-state index contributed by atoms with van der Waals surface area (Å²) in [4.78, 5) is 24.9. The van der Waals surface area contributed by atoms with Gasteiger partial charge in [-0.3, -0.25) is 0 Å². The second kappa shape index (κ2) is 7.31. The molecule has 0 aliphatic carbocycles. The van der Waals surface area contributed by atoms with E-state index in [0.717, 1.165) is 10.6 Å². The molecule has 1 N–H and O–H groups in total. The highest BCUT2D eigenvalue weighted by atomic mass is 16.6. The van der Waals surface area contributed by atoms with E-state index in [1.54, 1.807) is 27.7 Å². The van der Waals surface area contributed by atoms with Gasteiger partial charge in [0.2, 0.25) is 0 Å². The first-order valence-electron chi connectivity index (χ1n) is 8.28. The summed E-state index contributed by atoms with van der Waals surface area (Å²) < 4.78 is 10.6. The number of amides is 2. The highest BCUT2D eigenvalue weighted by Crippen LogP contribution is 2.23. The number of nitrogens with zero attached hydrogens (tertiary/aromatic N) is 2. The molecule has 0 spiro atoms. The van der Waals surface area contributed by atoms with Gasteiger partial charge in [0.25, 0.3) is 0 Å². The molecule has 1 saturated heterocycles. The van der Waals surface area contributed by atoms with Crippen molar-refractivity contribution in [3.8, 4) is 0 Å². The van der Waals surface area contributed by atoms with E-state index in [4.69, 9.17) is 9.47 Å². The van der Waals surface area contributed by atoms with Crippen LogP contribution in [0, 0.1) is 0 Å². The molecule has 0 saturated carbocycles. The van der Waals surface area contributed by atoms with Crippen molar-refractivity contribution in [3.05, 3.63) is 35.9 Å². The number of carbonyl (C=O) groups excluding carboxylic acids is 2. The minimum atomic E-state index is -1.09. The van der Waals surface area contributed by atoms with E-state index in [1.165, 1.54) is 5.01 Å². The van der Waals surface area contributed by atoms with Gasteiger partial charge in [0.1, 0.15) is 12.2 Å². The van der Waals surface area contributed by atoms with Crippen LogP contribution in [0.25, 0.3) is 0 Å². The average molecular weight is 350 g/mol. The number of hydrogen-bond acceptors (Lipinski definition) is 5. The average Bonchev–Trinajstić information content (AvgIpc) is 2.51. The summed E-state index contributed by atoms with van der Waals surface area (Å²) in [6, 6.07) is 9.28. The Hall–Kier alpha value is -2.28. The van der Waals surface area contributed by atoms with Crippen molar-refractivity contribution in [2.75, 3.05) is 13.1 Å². The van der Waals surface area contributed by atoms with E-state index >= 15 is 0 Å². The molecule has 1 unspecified atom stereocenters. The molecule has 1 atom stereocenters. The molecule has 2 rings (SSSR count). The van der Waals surface area contributed by atoms with Crippen molar-refractivity contribution >= 4 is 12.2 Å². The number of rotatable bonds is 2. The first kappa shape index (κ1) is 19.1. The third-order valence-corrected chi connectivity index (χ3v) is 3.66. The van der Waals surface area contributed by atoms with Gasteiger partial charge in [-0.25, -0.2) is 19.6 Å². The van der Waals surface area contributed by atoms with Gasteiger partial charge in [-0.15, -0.1) is 0 Å². The van der Waals surface area contributed by atoms with Gasteiger partial charge in [0.15, 0.2) is 0 Å². The lowest BCUT2D eigenvalue weighted by molar-refractivity contribution is -0.117. The Morgan fingerprint density at radius 1 is 1.16 bits per heavy atom. The van der Waals surface area contributed by atoms with E-state index in [0.29, 0.717) is 6.42 Å². The maximum absolute atomic E-state index is 12.4. The fourth-order valence-electron chi connectivity index (χ4n) is 2.42. The normalized spacial score (nSPS) is 21.0. The van der Waals surface area contributed by atoms with E-state index in [-0.39, 0.29) is 19.7 Å². The van der Waals surface area contributed by atoms with Crippen LogP contribution in [0.4, 0.5) is 9.59 Å². The van der Waals surface area contributed by atoms with Crippen molar-refractivity contribution in [1.29, 1.82) is 0 Å². The van der Waals surface area contributed by atoms with Gasteiger partial charge in [-0.2, -0.15) is 0 Å². The zero-order valence-electron chi connectivity index (χ0n) is 15.2. The Labute approximate surface area is 148 Å². The molecule has 25 heavy (non-hydrogen) atoms. The lowest BCUT2D eigenvalue weighted by Gasteiger charge is -2.43. The summed E-state index contributed by atoms with van der Waals surface area (Å²) in [6.45, 7) is 7.08. The maximum Gasteiger partial charge on any atom is 0.429 e. The number of benzene rings is 1. The molecule has 0 radical (unpaired) electrons. The molecule has 1 aliphatic rings. The number of β-amino-alcohol motifs (C(OH)–C–C–N with tert-alkyl or cyclic N) is 1. The largest absolute Gasteiger partial charge is 0.443 e. The number of aliphatic hydroxyl groups is 1. The number of hydrazine groups is 1. The Morgan fingerprint density at radius 2 is 1.80 bits per heavy atom. The first-order valence-corrected chi connectivity index (χ1v) is 8.28. The van der Waals surface area contributed by atoms with Crippen molar-refractivity contribution in [2.45, 2.75) is 51.9 Å². The molecule has 1 aromatic carbocycles. The van der Waals surface area contributed by atoms with E-state index in [1.807, 2.05) is 30.3 Å². The second-order valence-electron chi connectivity index (χ2n) is 7.45. The molecule has 0 aromatic heterocycles. The molecule has 1 aromatic rings. The van der Waals surface area contributed by atoms with E-state index in [9.17, 15) is 14.7 Å². The van der Waals surface area contributed by atoms with E-state index < -0.39 is 23.4 Å². The van der Waals surface area contributed by atoms with Crippen LogP contribution in [0.3, 0.4) is 0 Å². The van der Waals surface area contributed by atoms with Gasteiger partial charge in [0, 0.05) is 6.54 Å². The van der Waals surface area contributed by atoms with Crippen LogP contribution < -0.4 is 0 Å². The molecule has 1 aliphatic heterocycles.